The Bertz CT molecular complexity index is 477. The minimum absolute atomic E-state index is 0.410. The van der Waals surface area contributed by atoms with Crippen LogP contribution in [0, 0.1) is 35.5 Å². The maximum atomic E-state index is 6.42. The van der Waals surface area contributed by atoms with E-state index in [2.05, 4.69) is 63.7 Å². The third-order valence-corrected chi connectivity index (χ3v) is 7.68. The molecule has 29 heavy (non-hydrogen) atoms. The Balaban J connectivity index is 1.41. The second kappa shape index (κ2) is 10.5. The van der Waals surface area contributed by atoms with Gasteiger partial charge in [-0.25, -0.2) is 0 Å². The smallest absolute Gasteiger partial charge is 0.120 e. The van der Waals surface area contributed by atoms with Crippen LogP contribution < -0.4 is 0 Å². The first-order chi connectivity index (χ1) is 13.8. The highest BCUT2D eigenvalue weighted by Crippen LogP contribution is 2.36. The third-order valence-electron chi connectivity index (χ3n) is 7.68. The highest BCUT2D eigenvalue weighted by atomic mass is 16.5. The van der Waals surface area contributed by atoms with Crippen LogP contribution in [0.15, 0.2) is 12.4 Å². The lowest BCUT2D eigenvalue weighted by Gasteiger charge is -2.38. The van der Waals surface area contributed by atoms with Crippen LogP contribution in [-0.4, -0.2) is 42.1 Å². The van der Waals surface area contributed by atoms with Crippen molar-refractivity contribution in [3.8, 4) is 0 Å². The molecule has 0 spiro atoms. The Morgan fingerprint density at radius 2 is 1.14 bits per heavy atom. The molecule has 1 aliphatic heterocycles. The normalized spacial score (nSPS) is 35.9. The van der Waals surface area contributed by atoms with Crippen molar-refractivity contribution in [1.29, 1.82) is 0 Å². The second-order valence-electron chi connectivity index (χ2n) is 10.9. The molecule has 6 unspecified atom stereocenters. The van der Waals surface area contributed by atoms with E-state index in [-0.39, 0.29) is 0 Å². The summed E-state index contributed by atoms with van der Waals surface area (Å²) in [5.41, 5.74) is 0. The average Bonchev–Trinajstić information content (AvgIpc) is 3.12. The number of hydrogen-bond donors (Lipinski definition) is 0. The van der Waals surface area contributed by atoms with Gasteiger partial charge in [-0.3, -0.25) is 0 Å². The topological polar surface area (TPSA) is 24.9 Å². The average molecular weight is 407 g/mol. The van der Waals surface area contributed by atoms with E-state index in [1.54, 1.807) is 0 Å². The molecular weight excluding hydrogens is 360 g/mol. The van der Waals surface area contributed by atoms with Gasteiger partial charge in [0.15, 0.2) is 0 Å². The van der Waals surface area contributed by atoms with Crippen molar-refractivity contribution in [3.05, 3.63) is 12.4 Å². The zero-order valence-corrected chi connectivity index (χ0v) is 19.8. The van der Waals surface area contributed by atoms with Crippen LogP contribution in [-0.2, 0) is 9.47 Å². The van der Waals surface area contributed by atoms with Crippen molar-refractivity contribution in [2.45, 2.75) is 92.3 Å². The molecule has 4 heteroatoms. The van der Waals surface area contributed by atoms with Gasteiger partial charge < -0.3 is 19.3 Å². The summed E-state index contributed by atoms with van der Waals surface area (Å²) in [5.74, 6) is 4.41. The fourth-order valence-corrected chi connectivity index (χ4v) is 5.68. The molecule has 3 aliphatic rings. The Morgan fingerprint density at radius 3 is 1.52 bits per heavy atom. The molecule has 2 saturated carbocycles. The van der Waals surface area contributed by atoms with Gasteiger partial charge in [0.2, 0.25) is 0 Å². The van der Waals surface area contributed by atoms with E-state index in [0.717, 1.165) is 18.5 Å². The molecule has 3 rings (SSSR count). The summed E-state index contributed by atoms with van der Waals surface area (Å²) in [6.07, 6.45) is 12.9. The minimum atomic E-state index is 0.410. The summed E-state index contributed by atoms with van der Waals surface area (Å²) >= 11 is 0. The molecule has 0 aromatic carbocycles. The van der Waals surface area contributed by atoms with Crippen molar-refractivity contribution >= 4 is 0 Å². The van der Waals surface area contributed by atoms with Gasteiger partial charge in [-0.2, -0.15) is 0 Å². The maximum Gasteiger partial charge on any atom is 0.120 e. The molecule has 2 aliphatic carbocycles. The largest absolute Gasteiger partial charge is 0.358 e. The zero-order valence-electron chi connectivity index (χ0n) is 19.8. The lowest BCUT2D eigenvalue weighted by molar-refractivity contribution is -0.0910. The Kier molecular flexibility index (Phi) is 8.32. The first-order valence-corrected chi connectivity index (χ1v) is 12.2. The molecule has 1 heterocycles. The van der Waals surface area contributed by atoms with E-state index in [9.17, 15) is 0 Å². The number of hydrogen-bond acceptors (Lipinski definition) is 4. The van der Waals surface area contributed by atoms with E-state index in [1.165, 1.54) is 38.5 Å². The predicted molar refractivity (Wildman–Crippen MR) is 120 cm³/mol. The minimum Gasteiger partial charge on any atom is -0.358 e. The van der Waals surface area contributed by atoms with Crippen LogP contribution in [0.5, 0.6) is 0 Å². The highest BCUT2D eigenvalue weighted by molar-refractivity contribution is 4.90. The van der Waals surface area contributed by atoms with E-state index in [0.29, 0.717) is 49.3 Å². The van der Waals surface area contributed by atoms with Crippen LogP contribution in [0.4, 0.5) is 0 Å². The molecule has 0 bridgehead atoms. The van der Waals surface area contributed by atoms with Crippen LogP contribution in [0.3, 0.4) is 0 Å². The van der Waals surface area contributed by atoms with Crippen molar-refractivity contribution in [2.75, 3.05) is 20.1 Å². The lowest BCUT2D eigenvalue weighted by Crippen LogP contribution is -2.39. The fourth-order valence-electron chi connectivity index (χ4n) is 5.68. The van der Waals surface area contributed by atoms with Gasteiger partial charge in [0.1, 0.15) is 13.5 Å². The molecule has 6 atom stereocenters. The second-order valence-corrected chi connectivity index (χ2v) is 10.9. The molecule has 2 fully saturated rings. The molecule has 168 valence electrons. The van der Waals surface area contributed by atoms with Crippen LogP contribution in [0.1, 0.15) is 80.1 Å². The van der Waals surface area contributed by atoms with Gasteiger partial charge in [-0.1, -0.05) is 54.4 Å². The van der Waals surface area contributed by atoms with Gasteiger partial charge in [0.05, 0.1) is 18.9 Å². The first-order valence-electron chi connectivity index (χ1n) is 12.2. The predicted octanol–water partition coefficient (Wildman–Crippen LogP) is 5.90. The lowest BCUT2D eigenvalue weighted by atomic mass is 9.75. The third kappa shape index (κ3) is 6.37. The number of nitrogens with zero attached hydrogens (tertiary/aromatic N) is 2. The molecule has 4 nitrogen and oxygen atoms in total. The molecule has 0 saturated heterocycles. The van der Waals surface area contributed by atoms with Gasteiger partial charge in [-0.15, -0.1) is 0 Å². The first kappa shape index (κ1) is 22.9. The van der Waals surface area contributed by atoms with Crippen LogP contribution in [0.25, 0.3) is 0 Å². The van der Waals surface area contributed by atoms with Crippen molar-refractivity contribution in [2.24, 2.45) is 35.5 Å². The summed E-state index contributed by atoms with van der Waals surface area (Å²) in [5, 5.41) is 0. The quantitative estimate of drug-likeness (QED) is 0.501. The molecule has 0 amide bonds. The highest BCUT2D eigenvalue weighted by Gasteiger charge is 2.33. The standard InChI is InChI=1S/C25H46N2O2/c1-18(2)22-9-7-20(5)13-24(22)28-16-26-11-12-27(15-26)17-29-25-14-21(6)8-10-23(25)19(3)4/h11-12,18-25H,7-10,13-17H2,1-6H3. The van der Waals surface area contributed by atoms with Crippen LogP contribution in [0.2, 0.25) is 0 Å². The summed E-state index contributed by atoms with van der Waals surface area (Å²) in [6, 6.07) is 0. The SMILES string of the molecule is CC1CCC(C(C)C)C(OCN2C=CN(COC3CC(C)CCC3C(C)C)C2)C1. The molecule has 0 N–H and O–H groups in total. The summed E-state index contributed by atoms with van der Waals surface area (Å²) in [6.45, 7) is 16.4. The van der Waals surface area contributed by atoms with E-state index in [4.69, 9.17) is 9.47 Å². The number of ether oxygens (including phenoxy) is 2. The van der Waals surface area contributed by atoms with E-state index >= 15 is 0 Å². The maximum absolute atomic E-state index is 6.42. The van der Waals surface area contributed by atoms with Crippen molar-refractivity contribution < 1.29 is 9.47 Å². The zero-order chi connectivity index (χ0) is 21.0. The van der Waals surface area contributed by atoms with E-state index in [1.807, 2.05) is 0 Å². The summed E-state index contributed by atoms with van der Waals surface area (Å²) < 4.78 is 12.8. The van der Waals surface area contributed by atoms with Crippen molar-refractivity contribution in [1.82, 2.24) is 9.80 Å². The number of rotatable bonds is 8. The monoisotopic (exact) mass is 406 g/mol. The Morgan fingerprint density at radius 1 is 0.724 bits per heavy atom. The van der Waals surface area contributed by atoms with Gasteiger partial charge in [-0.05, 0) is 61.2 Å². The van der Waals surface area contributed by atoms with Gasteiger partial charge >= 0.3 is 0 Å². The van der Waals surface area contributed by atoms with Crippen molar-refractivity contribution in [3.63, 3.8) is 0 Å². The molecule has 0 aromatic heterocycles. The Labute approximate surface area is 180 Å². The molecule has 0 aromatic rings. The summed E-state index contributed by atoms with van der Waals surface area (Å²) in [7, 11) is 0. The Hall–Kier alpha value is -0.740. The van der Waals surface area contributed by atoms with E-state index < -0.39 is 0 Å². The molecular formula is C25H46N2O2. The van der Waals surface area contributed by atoms with Gasteiger partial charge in [0.25, 0.3) is 0 Å². The van der Waals surface area contributed by atoms with Crippen LogP contribution >= 0.6 is 0 Å². The van der Waals surface area contributed by atoms with Gasteiger partial charge in [0, 0.05) is 12.4 Å². The summed E-state index contributed by atoms with van der Waals surface area (Å²) in [4.78, 5) is 4.56. The fraction of sp³-hybridized carbons (Fsp3) is 0.920. The molecule has 0 radical (unpaired) electrons.